The van der Waals surface area contributed by atoms with Gasteiger partial charge in [-0.1, -0.05) is 6.07 Å². The van der Waals surface area contributed by atoms with Gasteiger partial charge in [-0.3, -0.25) is 0 Å². The van der Waals surface area contributed by atoms with Crippen molar-refractivity contribution >= 4 is 0 Å². The highest BCUT2D eigenvalue weighted by atomic mass is 19.1. The summed E-state index contributed by atoms with van der Waals surface area (Å²) in [6, 6.07) is 4.46. The monoisotopic (exact) mass is 181 g/mol. The van der Waals surface area contributed by atoms with E-state index in [0.717, 1.165) is 11.1 Å². The molecular weight excluding hydrogens is 169 g/mol. The van der Waals surface area contributed by atoms with Crippen LogP contribution in [0.1, 0.15) is 24.1 Å². The summed E-state index contributed by atoms with van der Waals surface area (Å²) in [7, 11) is 0. The first-order valence-corrected chi connectivity index (χ1v) is 4.34. The van der Waals surface area contributed by atoms with Gasteiger partial charge in [-0.15, -0.1) is 0 Å². The van der Waals surface area contributed by atoms with Crippen LogP contribution in [-0.2, 0) is 11.3 Å². The van der Waals surface area contributed by atoms with Crippen molar-refractivity contribution in [3.05, 3.63) is 35.1 Å². The minimum absolute atomic E-state index is 0.0331. The third kappa shape index (κ3) is 1.45. The van der Waals surface area contributed by atoms with E-state index < -0.39 is 0 Å². The Labute approximate surface area is 76.5 Å². The van der Waals surface area contributed by atoms with E-state index in [9.17, 15) is 4.39 Å². The standard InChI is InChI=1S/C10H12FNO/c1-6-10(12)9-4-8(11)3-2-7(9)5-13-6/h2-4,6,10H,5,12H2,1H3/t6-,10-/m1/s1. The lowest BCUT2D eigenvalue weighted by Crippen LogP contribution is -2.31. The van der Waals surface area contributed by atoms with Gasteiger partial charge in [0.1, 0.15) is 5.82 Å². The summed E-state index contributed by atoms with van der Waals surface area (Å²) in [5.41, 5.74) is 7.73. The van der Waals surface area contributed by atoms with E-state index in [2.05, 4.69) is 0 Å². The Kier molecular flexibility index (Phi) is 2.06. The maximum Gasteiger partial charge on any atom is 0.123 e. The van der Waals surface area contributed by atoms with Crippen molar-refractivity contribution in [2.45, 2.75) is 25.7 Å². The number of rotatable bonds is 0. The van der Waals surface area contributed by atoms with Gasteiger partial charge in [0, 0.05) is 0 Å². The second-order valence-electron chi connectivity index (χ2n) is 3.39. The molecule has 0 saturated heterocycles. The average Bonchev–Trinajstić information content (AvgIpc) is 2.12. The molecule has 2 rings (SSSR count). The van der Waals surface area contributed by atoms with Crippen molar-refractivity contribution in [3.8, 4) is 0 Å². The topological polar surface area (TPSA) is 35.2 Å². The van der Waals surface area contributed by atoms with Crippen LogP contribution in [0.15, 0.2) is 18.2 Å². The van der Waals surface area contributed by atoms with E-state index in [1.165, 1.54) is 12.1 Å². The number of fused-ring (bicyclic) bond motifs is 1. The lowest BCUT2D eigenvalue weighted by molar-refractivity contribution is 0.0212. The summed E-state index contributed by atoms with van der Waals surface area (Å²) in [6.07, 6.45) is -0.0331. The van der Waals surface area contributed by atoms with Crippen molar-refractivity contribution in [1.82, 2.24) is 0 Å². The van der Waals surface area contributed by atoms with Crippen molar-refractivity contribution in [3.63, 3.8) is 0 Å². The lowest BCUT2D eigenvalue weighted by atomic mass is 9.95. The molecule has 0 bridgehead atoms. The zero-order valence-corrected chi connectivity index (χ0v) is 7.46. The molecule has 0 radical (unpaired) electrons. The maximum atomic E-state index is 12.9. The maximum absolute atomic E-state index is 12.9. The third-order valence-corrected chi connectivity index (χ3v) is 2.47. The van der Waals surface area contributed by atoms with Crippen LogP contribution in [0.2, 0.25) is 0 Å². The van der Waals surface area contributed by atoms with Crippen LogP contribution in [0.25, 0.3) is 0 Å². The SMILES string of the molecule is C[C@H]1OCc2ccc(F)cc2[C@@H]1N. The molecular formula is C10H12FNO. The highest BCUT2D eigenvalue weighted by molar-refractivity contribution is 5.32. The fourth-order valence-corrected chi connectivity index (χ4v) is 1.59. The molecule has 2 N–H and O–H groups in total. The Morgan fingerprint density at radius 3 is 3.08 bits per heavy atom. The molecule has 0 spiro atoms. The predicted octanol–water partition coefficient (Wildman–Crippen LogP) is 1.74. The average molecular weight is 181 g/mol. The fraction of sp³-hybridized carbons (Fsp3) is 0.400. The molecule has 0 unspecified atom stereocenters. The minimum atomic E-state index is -0.233. The fourth-order valence-electron chi connectivity index (χ4n) is 1.59. The van der Waals surface area contributed by atoms with E-state index in [1.807, 2.05) is 6.92 Å². The van der Waals surface area contributed by atoms with Gasteiger partial charge in [0.15, 0.2) is 0 Å². The summed E-state index contributed by atoms with van der Waals surface area (Å²) in [4.78, 5) is 0. The van der Waals surface area contributed by atoms with Gasteiger partial charge in [-0.2, -0.15) is 0 Å². The predicted molar refractivity (Wildman–Crippen MR) is 47.6 cm³/mol. The molecule has 1 aromatic carbocycles. The number of hydrogen-bond acceptors (Lipinski definition) is 2. The molecule has 0 saturated carbocycles. The largest absolute Gasteiger partial charge is 0.372 e. The molecule has 1 aromatic rings. The quantitative estimate of drug-likeness (QED) is 0.661. The molecule has 1 aliphatic rings. The Morgan fingerprint density at radius 1 is 1.54 bits per heavy atom. The van der Waals surface area contributed by atoms with Gasteiger partial charge in [-0.05, 0) is 30.2 Å². The molecule has 3 heteroatoms. The van der Waals surface area contributed by atoms with Crippen molar-refractivity contribution < 1.29 is 9.13 Å². The zero-order chi connectivity index (χ0) is 9.42. The molecule has 0 aromatic heterocycles. The Balaban J connectivity index is 2.45. The van der Waals surface area contributed by atoms with E-state index in [4.69, 9.17) is 10.5 Å². The highest BCUT2D eigenvalue weighted by Gasteiger charge is 2.23. The van der Waals surface area contributed by atoms with Crippen molar-refractivity contribution in [2.24, 2.45) is 5.73 Å². The number of hydrogen-bond donors (Lipinski definition) is 1. The normalized spacial score (nSPS) is 27.0. The van der Waals surface area contributed by atoms with Gasteiger partial charge in [0.05, 0.1) is 18.8 Å². The molecule has 0 amide bonds. The minimum Gasteiger partial charge on any atom is -0.372 e. The van der Waals surface area contributed by atoms with Crippen LogP contribution in [0.4, 0.5) is 4.39 Å². The molecule has 0 aliphatic carbocycles. The molecule has 1 aliphatic heterocycles. The second-order valence-corrected chi connectivity index (χ2v) is 3.39. The number of nitrogens with two attached hydrogens (primary N) is 1. The van der Waals surface area contributed by atoms with Crippen LogP contribution in [0.3, 0.4) is 0 Å². The molecule has 13 heavy (non-hydrogen) atoms. The van der Waals surface area contributed by atoms with Gasteiger partial charge in [-0.25, -0.2) is 4.39 Å². The van der Waals surface area contributed by atoms with Crippen LogP contribution >= 0.6 is 0 Å². The van der Waals surface area contributed by atoms with Crippen molar-refractivity contribution in [2.75, 3.05) is 0 Å². The van der Waals surface area contributed by atoms with Crippen LogP contribution in [0, 0.1) is 5.82 Å². The molecule has 0 fully saturated rings. The molecule has 2 atom stereocenters. The summed E-state index contributed by atoms with van der Waals surface area (Å²) in [6.45, 7) is 2.43. The van der Waals surface area contributed by atoms with E-state index >= 15 is 0 Å². The number of ether oxygens (including phenoxy) is 1. The molecule has 2 nitrogen and oxygen atoms in total. The Hall–Kier alpha value is -0.930. The number of benzene rings is 1. The van der Waals surface area contributed by atoms with Gasteiger partial charge in [0.2, 0.25) is 0 Å². The summed E-state index contributed by atoms with van der Waals surface area (Å²) in [5.74, 6) is -0.233. The molecule has 70 valence electrons. The Bertz CT molecular complexity index is 327. The van der Waals surface area contributed by atoms with Crippen LogP contribution < -0.4 is 5.73 Å². The van der Waals surface area contributed by atoms with Gasteiger partial charge < -0.3 is 10.5 Å². The van der Waals surface area contributed by atoms with E-state index in [1.54, 1.807) is 6.07 Å². The zero-order valence-electron chi connectivity index (χ0n) is 7.46. The molecule has 1 heterocycles. The summed E-state index contributed by atoms with van der Waals surface area (Å²) in [5, 5.41) is 0. The van der Waals surface area contributed by atoms with E-state index in [0.29, 0.717) is 6.61 Å². The highest BCUT2D eigenvalue weighted by Crippen LogP contribution is 2.27. The summed E-state index contributed by atoms with van der Waals surface area (Å²) >= 11 is 0. The van der Waals surface area contributed by atoms with Crippen molar-refractivity contribution in [1.29, 1.82) is 0 Å². The lowest BCUT2D eigenvalue weighted by Gasteiger charge is -2.28. The van der Waals surface area contributed by atoms with Gasteiger partial charge >= 0.3 is 0 Å². The summed E-state index contributed by atoms with van der Waals surface area (Å²) < 4.78 is 18.3. The first-order chi connectivity index (χ1) is 6.18. The van der Waals surface area contributed by atoms with Crippen LogP contribution in [0.5, 0.6) is 0 Å². The van der Waals surface area contributed by atoms with Crippen LogP contribution in [-0.4, -0.2) is 6.10 Å². The smallest absolute Gasteiger partial charge is 0.123 e. The third-order valence-electron chi connectivity index (χ3n) is 2.47. The number of halogens is 1. The Morgan fingerprint density at radius 2 is 2.31 bits per heavy atom. The van der Waals surface area contributed by atoms with Gasteiger partial charge in [0.25, 0.3) is 0 Å². The van der Waals surface area contributed by atoms with E-state index in [-0.39, 0.29) is 18.0 Å². The second kappa shape index (κ2) is 3.09. The first-order valence-electron chi connectivity index (χ1n) is 4.34. The first kappa shape index (κ1) is 8.66.